The number of hydrogen-bond donors (Lipinski definition) is 0. The van der Waals surface area contributed by atoms with Gasteiger partial charge in [-0.2, -0.15) is 0 Å². The molecule has 0 aliphatic carbocycles. The predicted molar refractivity (Wildman–Crippen MR) is 63.3 cm³/mol. The zero-order chi connectivity index (χ0) is 12.2. The highest BCUT2D eigenvalue weighted by Gasteiger charge is 2.17. The summed E-state index contributed by atoms with van der Waals surface area (Å²) in [5, 5.41) is 0. The fourth-order valence-electron chi connectivity index (χ4n) is 1.15. The van der Waals surface area contributed by atoms with E-state index in [0.717, 1.165) is 6.29 Å². The molecule has 1 rings (SSSR count). The summed E-state index contributed by atoms with van der Waals surface area (Å²) in [5.41, 5.74) is -0.0276. The number of hydrogen-bond acceptors (Lipinski definition) is 3. The van der Waals surface area contributed by atoms with Crippen LogP contribution in [0, 0.1) is 0 Å². The second-order valence-electron chi connectivity index (χ2n) is 3.93. The molecular weight excluding hydrogens is 204 g/mol. The first kappa shape index (κ1) is 12.3. The molecule has 0 unspecified atom stereocenters. The van der Waals surface area contributed by atoms with Crippen LogP contribution in [-0.4, -0.2) is 19.0 Å². The number of benzene rings is 1. The molecule has 16 heavy (non-hydrogen) atoms. The molecule has 1 aromatic carbocycles. The van der Waals surface area contributed by atoms with Crippen molar-refractivity contribution in [2.24, 2.45) is 0 Å². The van der Waals surface area contributed by atoms with E-state index >= 15 is 0 Å². The molecule has 0 N–H and O–H groups in total. The van der Waals surface area contributed by atoms with Crippen molar-refractivity contribution in [1.82, 2.24) is 0 Å². The van der Waals surface area contributed by atoms with Gasteiger partial charge in [0.15, 0.2) is 6.29 Å². The summed E-state index contributed by atoms with van der Waals surface area (Å²) >= 11 is 0. The minimum absolute atomic E-state index is 0.496. The highest BCUT2D eigenvalue weighted by atomic mass is 16.5. The van der Waals surface area contributed by atoms with E-state index in [2.05, 4.69) is 6.58 Å². The van der Waals surface area contributed by atoms with Crippen LogP contribution in [0.25, 0.3) is 0 Å². The van der Waals surface area contributed by atoms with Crippen molar-refractivity contribution >= 4 is 6.29 Å². The van der Waals surface area contributed by atoms with Gasteiger partial charge in [0.05, 0.1) is 12.7 Å². The molecule has 3 heteroatoms. The first-order chi connectivity index (χ1) is 7.52. The Labute approximate surface area is 95.7 Å². The number of aldehydes is 1. The third-order valence-corrected chi connectivity index (χ3v) is 2.21. The van der Waals surface area contributed by atoms with Gasteiger partial charge in [-0.3, -0.25) is 4.79 Å². The Kier molecular flexibility index (Phi) is 3.72. The summed E-state index contributed by atoms with van der Waals surface area (Å²) in [6.45, 7) is 7.42. The quantitative estimate of drug-likeness (QED) is 0.565. The normalized spacial score (nSPS) is 10.7. The molecule has 0 aliphatic heterocycles. The van der Waals surface area contributed by atoms with Crippen LogP contribution >= 0.6 is 0 Å². The van der Waals surface area contributed by atoms with Crippen molar-refractivity contribution in [2.75, 3.05) is 7.11 Å². The van der Waals surface area contributed by atoms with Crippen LogP contribution in [0.15, 0.2) is 30.9 Å². The second-order valence-corrected chi connectivity index (χ2v) is 3.93. The smallest absolute Gasteiger partial charge is 0.153 e. The van der Waals surface area contributed by atoms with Crippen LogP contribution in [-0.2, 0) is 0 Å². The molecule has 0 saturated carbocycles. The standard InChI is InChI=1S/C13H16O3/c1-5-13(2,3)16-12-8-11(15-4)7-6-10(12)9-14/h5-9H,1H2,2-4H3. The summed E-state index contributed by atoms with van der Waals surface area (Å²) in [4.78, 5) is 10.9. The van der Waals surface area contributed by atoms with Gasteiger partial charge in [-0.05, 0) is 32.1 Å². The lowest BCUT2D eigenvalue weighted by Crippen LogP contribution is -2.25. The van der Waals surface area contributed by atoms with Gasteiger partial charge in [0, 0.05) is 6.07 Å². The molecule has 0 aromatic heterocycles. The summed E-state index contributed by atoms with van der Waals surface area (Å²) < 4.78 is 10.8. The first-order valence-electron chi connectivity index (χ1n) is 4.98. The lowest BCUT2D eigenvalue weighted by atomic mass is 10.1. The van der Waals surface area contributed by atoms with Crippen molar-refractivity contribution in [2.45, 2.75) is 19.4 Å². The predicted octanol–water partition coefficient (Wildman–Crippen LogP) is 2.85. The molecule has 86 valence electrons. The Balaban J connectivity index is 3.09. The summed E-state index contributed by atoms with van der Waals surface area (Å²) in [7, 11) is 1.57. The Morgan fingerprint density at radius 3 is 2.56 bits per heavy atom. The maximum absolute atomic E-state index is 10.9. The van der Waals surface area contributed by atoms with E-state index in [0.29, 0.717) is 17.1 Å². The number of rotatable bonds is 5. The third kappa shape index (κ3) is 2.86. The number of methoxy groups -OCH3 is 1. The first-order valence-corrected chi connectivity index (χ1v) is 4.98. The van der Waals surface area contributed by atoms with E-state index in [1.54, 1.807) is 31.4 Å². The summed E-state index contributed by atoms with van der Waals surface area (Å²) in [6, 6.07) is 5.08. The van der Waals surface area contributed by atoms with Crippen LogP contribution in [0.5, 0.6) is 11.5 Å². The van der Waals surface area contributed by atoms with E-state index in [1.807, 2.05) is 13.8 Å². The van der Waals surface area contributed by atoms with Gasteiger partial charge in [0.1, 0.15) is 17.1 Å². The van der Waals surface area contributed by atoms with Crippen molar-refractivity contribution in [1.29, 1.82) is 0 Å². The lowest BCUT2D eigenvalue weighted by Gasteiger charge is -2.23. The van der Waals surface area contributed by atoms with Crippen molar-refractivity contribution in [3.63, 3.8) is 0 Å². The Bertz CT molecular complexity index is 394. The molecule has 0 fully saturated rings. The van der Waals surface area contributed by atoms with Crippen LogP contribution in [0.3, 0.4) is 0 Å². The number of carbonyl (C=O) groups is 1. The largest absolute Gasteiger partial charge is 0.497 e. The van der Waals surface area contributed by atoms with Gasteiger partial charge in [0.2, 0.25) is 0 Å². The third-order valence-electron chi connectivity index (χ3n) is 2.21. The summed E-state index contributed by atoms with van der Waals surface area (Å²) in [6.07, 6.45) is 2.44. The molecule has 0 spiro atoms. The molecular formula is C13H16O3. The molecule has 0 atom stereocenters. The van der Waals surface area contributed by atoms with Gasteiger partial charge in [-0.15, -0.1) is 0 Å². The van der Waals surface area contributed by atoms with Gasteiger partial charge >= 0.3 is 0 Å². The second kappa shape index (κ2) is 4.84. The van der Waals surface area contributed by atoms with Crippen LogP contribution < -0.4 is 9.47 Å². The van der Waals surface area contributed by atoms with Gasteiger partial charge < -0.3 is 9.47 Å². The SMILES string of the molecule is C=CC(C)(C)Oc1cc(OC)ccc1C=O. The molecule has 3 nitrogen and oxygen atoms in total. The molecule has 0 heterocycles. The average Bonchev–Trinajstić information content (AvgIpc) is 2.28. The summed E-state index contributed by atoms with van der Waals surface area (Å²) in [5.74, 6) is 1.15. The Morgan fingerprint density at radius 1 is 1.38 bits per heavy atom. The van der Waals surface area contributed by atoms with Gasteiger partial charge in [0.25, 0.3) is 0 Å². The van der Waals surface area contributed by atoms with Crippen LogP contribution in [0.2, 0.25) is 0 Å². The van der Waals surface area contributed by atoms with E-state index < -0.39 is 5.60 Å². The number of ether oxygens (including phenoxy) is 2. The van der Waals surface area contributed by atoms with E-state index in [9.17, 15) is 4.79 Å². The molecule has 1 aromatic rings. The van der Waals surface area contributed by atoms with Gasteiger partial charge in [-0.25, -0.2) is 0 Å². The van der Waals surface area contributed by atoms with Crippen LogP contribution in [0.1, 0.15) is 24.2 Å². The fraction of sp³-hybridized carbons (Fsp3) is 0.308. The van der Waals surface area contributed by atoms with Crippen molar-refractivity contribution in [3.05, 3.63) is 36.4 Å². The van der Waals surface area contributed by atoms with E-state index in [4.69, 9.17) is 9.47 Å². The minimum atomic E-state index is -0.524. The molecule has 0 radical (unpaired) electrons. The van der Waals surface area contributed by atoms with Crippen molar-refractivity contribution in [3.8, 4) is 11.5 Å². The Hall–Kier alpha value is -1.77. The van der Waals surface area contributed by atoms with Gasteiger partial charge in [-0.1, -0.05) is 6.58 Å². The monoisotopic (exact) mass is 220 g/mol. The minimum Gasteiger partial charge on any atom is -0.497 e. The van der Waals surface area contributed by atoms with Crippen LogP contribution in [0.4, 0.5) is 0 Å². The number of carbonyl (C=O) groups excluding carboxylic acids is 1. The van der Waals surface area contributed by atoms with E-state index in [1.165, 1.54) is 0 Å². The molecule has 0 bridgehead atoms. The zero-order valence-electron chi connectivity index (χ0n) is 9.82. The average molecular weight is 220 g/mol. The molecule has 0 aliphatic rings. The molecule has 0 amide bonds. The zero-order valence-corrected chi connectivity index (χ0v) is 9.82. The van der Waals surface area contributed by atoms with Crippen molar-refractivity contribution < 1.29 is 14.3 Å². The highest BCUT2D eigenvalue weighted by molar-refractivity contribution is 5.79. The lowest BCUT2D eigenvalue weighted by molar-refractivity contribution is 0.111. The maximum atomic E-state index is 10.9. The maximum Gasteiger partial charge on any atom is 0.153 e. The Morgan fingerprint density at radius 2 is 2.06 bits per heavy atom. The van der Waals surface area contributed by atoms with E-state index in [-0.39, 0.29) is 0 Å². The topological polar surface area (TPSA) is 35.5 Å². The fourth-order valence-corrected chi connectivity index (χ4v) is 1.15. The highest BCUT2D eigenvalue weighted by Crippen LogP contribution is 2.27. The molecule has 0 saturated heterocycles.